The molecule has 2 aromatic carbocycles. The highest BCUT2D eigenvalue weighted by Crippen LogP contribution is 2.37. The second-order valence-electron chi connectivity index (χ2n) is 8.01. The number of nitrogens with zero attached hydrogens (tertiary/aromatic N) is 3. The van der Waals surface area contributed by atoms with E-state index in [9.17, 15) is 4.79 Å². The number of likely N-dealkylation sites (tertiary alicyclic amines) is 1. The lowest BCUT2D eigenvalue weighted by atomic mass is 10.1. The van der Waals surface area contributed by atoms with Crippen molar-refractivity contribution in [1.29, 1.82) is 0 Å². The van der Waals surface area contributed by atoms with Crippen LogP contribution in [0.25, 0.3) is 11.4 Å². The van der Waals surface area contributed by atoms with Gasteiger partial charge in [-0.25, -0.2) is 0 Å². The van der Waals surface area contributed by atoms with Crippen LogP contribution >= 0.6 is 0 Å². The van der Waals surface area contributed by atoms with Crippen LogP contribution < -0.4 is 9.47 Å². The van der Waals surface area contributed by atoms with Crippen molar-refractivity contribution in [2.75, 3.05) is 20.8 Å². The van der Waals surface area contributed by atoms with Crippen LogP contribution in [0.5, 0.6) is 11.5 Å². The lowest BCUT2D eigenvalue weighted by Crippen LogP contribution is -2.28. The van der Waals surface area contributed by atoms with Gasteiger partial charge < -0.3 is 18.9 Å². The molecular formula is C24H27N3O4. The SMILES string of the molecule is COc1ccc(C(C)N2CC(c3nc(-c4ccc(C)cc4C)no3)CC2=O)cc1OC. The first-order chi connectivity index (χ1) is 14.9. The average Bonchev–Trinajstić information content (AvgIpc) is 3.39. The number of carbonyl (C=O) groups is 1. The molecule has 2 heterocycles. The molecule has 0 saturated carbocycles. The van der Waals surface area contributed by atoms with Gasteiger partial charge in [0.25, 0.3) is 0 Å². The molecule has 7 nitrogen and oxygen atoms in total. The third kappa shape index (κ3) is 4.00. The van der Waals surface area contributed by atoms with Crippen molar-refractivity contribution < 1.29 is 18.8 Å². The minimum Gasteiger partial charge on any atom is -0.493 e. The number of benzene rings is 2. The van der Waals surface area contributed by atoms with Crippen molar-refractivity contribution in [2.45, 2.75) is 39.2 Å². The molecule has 7 heteroatoms. The molecule has 2 unspecified atom stereocenters. The second-order valence-corrected chi connectivity index (χ2v) is 8.01. The van der Waals surface area contributed by atoms with Gasteiger partial charge in [-0.05, 0) is 44.0 Å². The molecule has 1 amide bonds. The zero-order valence-electron chi connectivity index (χ0n) is 18.5. The van der Waals surface area contributed by atoms with Crippen LogP contribution in [0.15, 0.2) is 40.9 Å². The minimum atomic E-state index is -0.123. The van der Waals surface area contributed by atoms with Crippen LogP contribution in [0.2, 0.25) is 0 Å². The summed E-state index contributed by atoms with van der Waals surface area (Å²) >= 11 is 0. The molecule has 2 atom stereocenters. The Balaban J connectivity index is 1.53. The van der Waals surface area contributed by atoms with Crippen LogP contribution in [0.4, 0.5) is 0 Å². The summed E-state index contributed by atoms with van der Waals surface area (Å²) < 4.78 is 16.3. The van der Waals surface area contributed by atoms with E-state index < -0.39 is 0 Å². The van der Waals surface area contributed by atoms with Gasteiger partial charge >= 0.3 is 0 Å². The summed E-state index contributed by atoms with van der Waals surface area (Å²) in [6.07, 6.45) is 0.353. The van der Waals surface area contributed by atoms with Gasteiger partial charge in [0.15, 0.2) is 11.5 Å². The topological polar surface area (TPSA) is 77.7 Å². The van der Waals surface area contributed by atoms with E-state index in [4.69, 9.17) is 14.0 Å². The standard InChI is InChI=1S/C24H27N3O4/c1-14-6-8-19(15(2)10-14)23-25-24(31-26-23)18-12-22(28)27(13-18)16(3)17-7-9-20(29-4)21(11-17)30-5/h6-11,16,18H,12-13H2,1-5H3. The summed E-state index contributed by atoms with van der Waals surface area (Å²) in [5.74, 6) is 2.32. The van der Waals surface area contributed by atoms with E-state index in [0.717, 1.165) is 16.7 Å². The monoisotopic (exact) mass is 421 g/mol. The highest BCUT2D eigenvalue weighted by Gasteiger charge is 2.37. The van der Waals surface area contributed by atoms with Crippen molar-refractivity contribution in [3.63, 3.8) is 0 Å². The molecule has 0 bridgehead atoms. The van der Waals surface area contributed by atoms with Crippen molar-refractivity contribution in [1.82, 2.24) is 15.0 Å². The van der Waals surface area contributed by atoms with Crippen LogP contribution in [-0.4, -0.2) is 41.7 Å². The normalized spacial score (nSPS) is 17.1. The molecule has 1 fully saturated rings. The zero-order chi connectivity index (χ0) is 22.1. The third-order valence-electron chi connectivity index (χ3n) is 5.93. The number of rotatable bonds is 6. The number of hydrogen-bond donors (Lipinski definition) is 0. The Morgan fingerprint density at radius 3 is 2.58 bits per heavy atom. The Morgan fingerprint density at radius 2 is 1.87 bits per heavy atom. The van der Waals surface area contributed by atoms with Crippen molar-refractivity contribution >= 4 is 5.91 Å². The van der Waals surface area contributed by atoms with Crippen molar-refractivity contribution in [3.8, 4) is 22.9 Å². The molecular weight excluding hydrogens is 394 g/mol. The fourth-order valence-electron chi connectivity index (χ4n) is 4.14. The number of amides is 1. The molecule has 1 aliphatic rings. The van der Waals surface area contributed by atoms with Gasteiger partial charge in [-0.2, -0.15) is 4.98 Å². The largest absolute Gasteiger partial charge is 0.493 e. The van der Waals surface area contributed by atoms with Crippen LogP contribution in [0.1, 0.15) is 47.9 Å². The first kappa shape index (κ1) is 20.9. The smallest absolute Gasteiger partial charge is 0.232 e. The highest BCUT2D eigenvalue weighted by atomic mass is 16.5. The van der Waals surface area contributed by atoms with E-state index in [2.05, 4.69) is 23.1 Å². The van der Waals surface area contributed by atoms with Crippen LogP contribution in [0, 0.1) is 13.8 Å². The molecule has 0 radical (unpaired) electrons. The second kappa shape index (κ2) is 8.41. The molecule has 1 saturated heterocycles. The third-order valence-corrected chi connectivity index (χ3v) is 5.93. The van der Waals surface area contributed by atoms with E-state index in [1.54, 1.807) is 14.2 Å². The van der Waals surface area contributed by atoms with Gasteiger partial charge in [0.1, 0.15) is 0 Å². The molecule has 31 heavy (non-hydrogen) atoms. The number of aryl methyl sites for hydroxylation is 2. The van der Waals surface area contributed by atoms with E-state index >= 15 is 0 Å². The maximum atomic E-state index is 12.8. The van der Waals surface area contributed by atoms with Crippen molar-refractivity contribution in [3.05, 3.63) is 59.0 Å². The van der Waals surface area contributed by atoms with E-state index in [0.29, 0.717) is 36.2 Å². The lowest BCUT2D eigenvalue weighted by molar-refractivity contribution is -0.129. The van der Waals surface area contributed by atoms with Gasteiger partial charge in [0, 0.05) is 18.5 Å². The summed E-state index contributed by atoms with van der Waals surface area (Å²) in [6.45, 7) is 6.63. The highest BCUT2D eigenvalue weighted by molar-refractivity contribution is 5.80. The summed E-state index contributed by atoms with van der Waals surface area (Å²) in [5, 5.41) is 4.17. The molecule has 0 spiro atoms. The Kier molecular flexibility index (Phi) is 5.67. The molecule has 4 rings (SSSR count). The van der Waals surface area contributed by atoms with Gasteiger partial charge in [-0.3, -0.25) is 4.79 Å². The summed E-state index contributed by atoms with van der Waals surface area (Å²) in [7, 11) is 3.21. The van der Waals surface area contributed by atoms with E-state index in [1.807, 2.05) is 49.1 Å². The molecule has 0 N–H and O–H groups in total. The molecule has 162 valence electrons. The maximum absolute atomic E-state index is 12.8. The summed E-state index contributed by atoms with van der Waals surface area (Å²) in [5.41, 5.74) is 4.21. The minimum absolute atomic E-state index is 0.0681. The van der Waals surface area contributed by atoms with Gasteiger partial charge in [0.2, 0.25) is 17.6 Å². The predicted octanol–water partition coefficient (Wildman–Crippen LogP) is 4.45. The average molecular weight is 421 g/mol. The van der Waals surface area contributed by atoms with Crippen molar-refractivity contribution in [2.24, 2.45) is 0 Å². The van der Waals surface area contributed by atoms with E-state index in [1.165, 1.54) is 5.56 Å². The number of aromatic nitrogens is 2. The van der Waals surface area contributed by atoms with Gasteiger partial charge in [-0.15, -0.1) is 0 Å². The molecule has 1 aromatic heterocycles. The zero-order valence-corrected chi connectivity index (χ0v) is 18.5. The number of ether oxygens (including phenoxy) is 2. The van der Waals surface area contributed by atoms with Gasteiger partial charge in [0.05, 0.1) is 26.2 Å². The first-order valence-electron chi connectivity index (χ1n) is 10.3. The molecule has 1 aliphatic heterocycles. The summed E-state index contributed by atoms with van der Waals surface area (Å²) in [6, 6.07) is 11.7. The van der Waals surface area contributed by atoms with Crippen LogP contribution in [0.3, 0.4) is 0 Å². The molecule has 0 aliphatic carbocycles. The quantitative estimate of drug-likeness (QED) is 0.585. The Bertz CT molecular complexity index is 1110. The number of hydrogen-bond acceptors (Lipinski definition) is 6. The Morgan fingerprint density at radius 1 is 1.10 bits per heavy atom. The lowest BCUT2D eigenvalue weighted by Gasteiger charge is -2.25. The molecule has 3 aromatic rings. The maximum Gasteiger partial charge on any atom is 0.232 e. The fourth-order valence-corrected chi connectivity index (χ4v) is 4.14. The van der Waals surface area contributed by atoms with Crippen LogP contribution in [-0.2, 0) is 4.79 Å². The Labute approximate surface area is 182 Å². The first-order valence-corrected chi connectivity index (χ1v) is 10.3. The summed E-state index contributed by atoms with van der Waals surface area (Å²) in [4.78, 5) is 19.3. The number of methoxy groups -OCH3 is 2. The van der Waals surface area contributed by atoms with Gasteiger partial charge in [-0.1, -0.05) is 35.0 Å². The predicted molar refractivity (Wildman–Crippen MR) is 116 cm³/mol. The number of carbonyl (C=O) groups excluding carboxylic acids is 1. The Hall–Kier alpha value is -3.35. The fraction of sp³-hybridized carbons (Fsp3) is 0.375. The van der Waals surface area contributed by atoms with E-state index in [-0.39, 0.29) is 17.9 Å².